The summed E-state index contributed by atoms with van der Waals surface area (Å²) in [5.74, 6) is 6.47. The molecule has 4 heteroatoms. The van der Waals surface area contributed by atoms with E-state index in [1.54, 1.807) is 0 Å². The molecule has 0 amide bonds. The maximum Gasteiger partial charge on any atom is 0.0582 e. The molecule has 0 saturated heterocycles. The number of thiophene rings is 2. The fourth-order valence-electron chi connectivity index (χ4n) is 2.68. The topological polar surface area (TPSA) is 38.0 Å². The zero-order valence-corrected chi connectivity index (χ0v) is 10.7. The van der Waals surface area contributed by atoms with Crippen molar-refractivity contribution in [3.05, 3.63) is 22.4 Å². The van der Waals surface area contributed by atoms with Gasteiger partial charge in [-0.2, -0.15) is 0 Å². The molecule has 1 fully saturated rings. The second-order valence-corrected chi connectivity index (χ2v) is 6.55. The fourth-order valence-corrected chi connectivity index (χ4v) is 4.95. The van der Waals surface area contributed by atoms with Gasteiger partial charge in [0, 0.05) is 14.3 Å². The van der Waals surface area contributed by atoms with Gasteiger partial charge in [-0.3, -0.25) is 11.3 Å². The Hall–Kier alpha value is -0.420. The van der Waals surface area contributed by atoms with Crippen LogP contribution in [0.2, 0.25) is 0 Å². The van der Waals surface area contributed by atoms with Crippen LogP contribution in [0.3, 0.4) is 0 Å². The summed E-state index contributed by atoms with van der Waals surface area (Å²) in [4.78, 5) is 1.41. The molecule has 0 aliphatic heterocycles. The molecule has 0 spiro atoms. The van der Waals surface area contributed by atoms with Crippen molar-refractivity contribution >= 4 is 32.1 Å². The Bertz CT molecular complexity index is 440. The van der Waals surface area contributed by atoms with Gasteiger partial charge in [-0.05, 0) is 36.3 Å². The standard InChI is InChI=1S/C12H16N2S2/c13-14-12(8-3-1-2-4-8)11-7-10-9(16-11)5-6-15-10/h5-8,12,14H,1-4,13H2. The lowest BCUT2D eigenvalue weighted by Crippen LogP contribution is -2.32. The molecular weight excluding hydrogens is 236 g/mol. The maximum absolute atomic E-state index is 5.74. The third-order valence-corrected chi connectivity index (χ3v) is 5.69. The molecule has 2 nitrogen and oxygen atoms in total. The first kappa shape index (κ1) is 10.7. The van der Waals surface area contributed by atoms with E-state index >= 15 is 0 Å². The Morgan fingerprint density at radius 1 is 1.31 bits per heavy atom. The first-order valence-corrected chi connectivity index (χ1v) is 7.51. The summed E-state index contributed by atoms with van der Waals surface area (Å²) < 4.78 is 2.80. The van der Waals surface area contributed by atoms with Crippen molar-refractivity contribution in [3.8, 4) is 0 Å². The molecule has 1 atom stereocenters. The summed E-state index contributed by atoms with van der Waals surface area (Å²) in [6, 6.07) is 4.89. The number of fused-ring (bicyclic) bond motifs is 1. The number of hydrazine groups is 1. The average Bonchev–Trinajstić information content (AvgIpc) is 2.91. The van der Waals surface area contributed by atoms with E-state index in [2.05, 4.69) is 22.9 Å². The predicted octanol–water partition coefficient (Wildman–Crippen LogP) is 3.66. The van der Waals surface area contributed by atoms with E-state index in [4.69, 9.17) is 5.84 Å². The van der Waals surface area contributed by atoms with Crippen LogP contribution >= 0.6 is 22.7 Å². The van der Waals surface area contributed by atoms with Crippen molar-refractivity contribution in [2.24, 2.45) is 11.8 Å². The Balaban J connectivity index is 1.91. The molecule has 2 aromatic heterocycles. The van der Waals surface area contributed by atoms with Crippen LogP contribution in [0.4, 0.5) is 0 Å². The fraction of sp³-hybridized carbons (Fsp3) is 0.500. The lowest BCUT2D eigenvalue weighted by molar-refractivity contribution is 0.379. The second kappa shape index (κ2) is 4.45. The normalized spacial score (nSPS) is 19.6. The third kappa shape index (κ3) is 1.80. The second-order valence-electron chi connectivity index (χ2n) is 4.49. The highest BCUT2D eigenvalue weighted by Gasteiger charge is 2.26. The highest BCUT2D eigenvalue weighted by molar-refractivity contribution is 7.26. The predicted molar refractivity (Wildman–Crippen MR) is 71.7 cm³/mol. The minimum Gasteiger partial charge on any atom is -0.271 e. The summed E-state index contributed by atoms with van der Waals surface area (Å²) in [6.45, 7) is 0. The lowest BCUT2D eigenvalue weighted by Gasteiger charge is -2.20. The van der Waals surface area contributed by atoms with Crippen LogP contribution in [-0.4, -0.2) is 0 Å². The van der Waals surface area contributed by atoms with Gasteiger partial charge in [-0.25, -0.2) is 0 Å². The Morgan fingerprint density at radius 2 is 2.12 bits per heavy atom. The lowest BCUT2D eigenvalue weighted by atomic mass is 9.97. The molecule has 1 unspecified atom stereocenters. The molecule has 16 heavy (non-hydrogen) atoms. The summed E-state index contributed by atoms with van der Waals surface area (Å²) >= 11 is 3.71. The summed E-state index contributed by atoms with van der Waals surface area (Å²) in [7, 11) is 0. The van der Waals surface area contributed by atoms with E-state index < -0.39 is 0 Å². The molecule has 0 radical (unpaired) electrons. The van der Waals surface area contributed by atoms with Gasteiger partial charge in [-0.1, -0.05) is 12.8 Å². The molecular formula is C12H16N2S2. The number of nitrogens with two attached hydrogens (primary N) is 1. The van der Waals surface area contributed by atoms with Gasteiger partial charge in [0.25, 0.3) is 0 Å². The Kier molecular flexibility index (Phi) is 2.98. The van der Waals surface area contributed by atoms with Gasteiger partial charge >= 0.3 is 0 Å². The van der Waals surface area contributed by atoms with Gasteiger partial charge < -0.3 is 0 Å². The van der Waals surface area contributed by atoms with E-state index in [9.17, 15) is 0 Å². The summed E-state index contributed by atoms with van der Waals surface area (Å²) in [6.07, 6.45) is 5.37. The third-order valence-electron chi connectivity index (χ3n) is 3.52. The Labute approximate surface area is 103 Å². The van der Waals surface area contributed by atoms with E-state index in [0.717, 1.165) is 5.92 Å². The molecule has 0 bridgehead atoms. The van der Waals surface area contributed by atoms with Crippen molar-refractivity contribution in [1.82, 2.24) is 5.43 Å². The first-order valence-electron chi connectivity index (χ1n) is 5.81. The number of nitrogens with one attached hydrogen (secondary N) is 1. The number of hydrogen-bond acceptors (Lipinski definition) is 4. The smallest absolute Gasteiger partial charge is 0.0582 e. The summed E-state index contributed by atoms with van der Waals surface area (Å²) in [5, 5.41) is 2.16. The monoisotopic (exact) mass is 252 g/mol. The van der Waals surface area contributed by atoms with Crippen LogP contribution in [0.1, 0.15) is 36.6 Å². The zero-order valence-electron chi connectivity index (χ0n) is 9.11. The molecule has 86 valence electrons. The van der Waals surface area contributed by atoms with E-state index in [1.807, 2.05) is 22.7 Å². The minimum absolute atomic E-state index is 0.368. The molecule has 2 aromatic rings. The molecule has 1 aliphatic carbocycles. The molecule has 2 heterocycles. The summed E-state index contributed by atoms with van der Waals surface area (Å²) in [5.41, 5.74) is 3.03. The maximum atomic E-state index is 5.74. The molecule has 1 aliphatic rings. The van der Waals surface area contributed by atoms with Crippen LogP contribution in [0.15, 0.2) is 17.5 Å². The van der Waals surface area contributed by atoms with Crippen molar-refractivity contribution in [1.29, 1.82) is 0 Å². The van der Waals surface area contributed by atoms with Crippen molar-refractivity contribution in [2.45, 2.75) is 31.7 Å². The van der Waals surface area contributed by atoms with Gasteiger partial charge in [0.2, 0.25) is 0 Å². The van der Waals surface area contributed by atoms with Gasteiger partial charge in [0.05, 0.1) is 6.04 Å². The first-order chi connectivity index (χ1) is 7.88. The minimum atomic E-state index is 0.368. The largest absolute Gasteiger partial charge is 0.271 e. The molecule has 3 N–H and O–H groups in total. The van der Waals surface area contributed by atoms with Gasteiger partial charge in [0.1, 0.15) is 0 Å². The molecule has 0 aromatic carbocycles. The Morgan fingerprint density at radius 3 is 2.81 bits per heavy atom. The quantitative estimate of drug-likeness (QED) is 0.646. The SMILES string of the molecule is NNC(c1cc2sccc2s1)C1CCCC1. The van der Waals surface area contributed by atoms with E-state index in [1.165, 1.54) is 40.0 Å². The highest BCUT2D eigenvalue weighted by atomic mass is 32.1. The van der Waals surface area contributed by atoms with Gasteiger partial charge in [-0.15, -0.1) is 22.7 Å². The van der Waals surface area contributed by atoms with E-state index in [0.29, 0.717) is 6.04 Å². The molecule has 3 rings (SSSR count). The highest BCUT2D eigenvalue weighted by Crippen LogP contribution is 2.40. The van der Waals surface area contributed by atoms with Crippen molar-refractivity contribution < 1.29 is 0 Å². The van der Waals surface area contributed by atoms with Crippen LogP contribution in [0.5, 0.6) is 0 Å². The zero-order chi connectivity index (χ0) is 11.0. The van der Waals surface area contributed by atoms with Crippen molar-refractivity contribution in [3.63, 3.8) is 0 Å². The van der Waals surface area contributed by atoms with Crippen LogP contribution < -0.4 is 11.3 Å². The number of rotatable bonds is 3. The van der Waals surface area contributed by atoms with Crippen LogP contribution in [0, 0.1) is 5.92 Å². The number of hydrogen-bond donors (Lipinski definition) is 2. The van der Waals surface area contributed by atoms with E-state index in [-0.39, 0.29) is 0 Å². The van der Waals surface area contributed by atoms with Crippen molar-refractivity contribution in [2.75, 3.05) is 0 Å². The van der Waals surface area contributed by atoms with Crippen LogP contribution in [-0.2, 0) is 0 Å². The van der Waals surface area contributed by atoms with Crippen LogP contribution in [0.25, 0.3) is 9.40 Å². The average molecular weight is 252 g/mol. The van der Waals surface area contributed by atoms with Gasteiger partial charge in [0.15, 0.2) is 0 Å². The molecule has 1 saturated carbocycles.